The Morgan fingerprint density at radius 2 is 1.22 bits per heavy atom. The van der Waals surface area contributed by atoms with Crippen molar-refractivity contribution in [2.45, 2.75) is 78.2 Å². The van der Waals surface area contributed by atoms with Gasteiger partial charge in [-0.3, -0.25) is 9.59 Å². The smallest absolute Gasteiger partial charge is 0.408 e. The molecule has 0 saturated carbocycles. The number of hydrogen-bond acceptors (Lipinski definition) is 8. The van der Waals surface area contributed by atoms with Crippen LogP contribution in [0.3, 0.4) is 0 Å². The Hall–Kier alpha value is -3.87. The molecule has 37 heavy (non-hydrogen) atoms. The second kappa shape index (κ2) is 16.7. The number of nitrogens with two attached hydrogens (primary N) is 1. The number of nitrogens with one attached hydrogen (secondary N) is 2. The number of carboxylic acid groups (broad SMARTS) is 3. The third-order valence-corrected chi connectivity index (χ3v) is 3.55. The third-order valence-electron chi connectivity index (χ3n) is 3.55. The standard InChI is InChI=1S/C14H19NO4.C8H15NO4.C2H5NO2/c1-14(2,3)19-13(18)15-11(12(16)17)9-10-7-5-4-6-8-10;1-5(6(10)11)9-7(12)13-8(2,3)4;3-1-2(4)5/h4-8,11H,9H2,1-3H3,(H,15,18)(H,16,17);5H,1-4H3,(H,9,12)(H,10,11);1,3H2,(H,4,5)/t11-;5-;/m01./s1. The van der Waals surface area contributed by atoms with E-state index in [-0.39, 0.29) is 13.0 Å². The van der Waals surface area contributed by atoms with Crippen LogP contribution in [-0.4, -0.2) is 75.2 Å². The van der Waals surface area contributed by atoms with Gasteiger partial charge < -0.3 is 41.2 Å². The summed E-state index contributed by atoms with van der Waals surface area (Å²) in [4.78, 5) is 53.3. The van der Waals surface area contributed by atoms with Crippen molar-refractivity contribution in [2.75, 3.05) is 6.54 Å². The highest BCUT2D eigenvalue weighted by Gasteiger charge is 2.24. The van der Waals surface area contributed by atoms with Gasteiger partial charge in [0.05, 0.1) is 6.54 Å². The van der Waals surface area contributed by atoms with Crippen LogP contribution in [0.2, 0.25) is 0 Å². The van der Waals surface area contributed by atoms with Crippen LogP contribution < -0.4 is 16.4 Å². The number of carbonyl (C=O) groups excluding carboxylic acids is 2. The third kappa shape index (κ3) is 22.3. The molecular formula is C24H39N3O10. The van der Waals surface area contributed by atoms with Crippen LogP contribution in [0.5, 0.6) is 0 Å². The maximum atomic E-state index is 11.6. The maximum absolute atomic E-state index is 11.6. The van der Waals surface area contributed by atoms with Gasteiger partial charge in [-0.15, -0.1) is 0 Å². The molecular weight excluding hydrogens is 490 g/mol. The number of benzene rings is 1. The molecule has 7 N–H and O–H groups in total. The van der Waals surface area contributed by atoms with Crippen molar-refractivity contribution in [3.8, 4) is 0 Å². The highest BCUT2D eigenvalue weighted by Crippen LogP contribution is 2.09. The number of carbonyl (C=O) groups is 5. The Labute approximate surface area is 216 Å². The van der Waals surface area contributed by atoms with E-state index in [1.54, 1.807) is 41.5 Å². The lowest BCUT2D eigenvalue weighted by atomic mass is 10.1. The van der Waals surface area contributed by atoms with E-state index in [9.17, 15) is 24.0 Å². The minimum absolute atomic E-state index is 0.218. The van der Waals surface area contributed by atoms with Gasteiger partial charge in [0.15, 0.2) is 0 Å². The van der Waals surface area contributed by atoms with Crippen LogP contribution in [0, 0.1) is 0 Å². The first-order valence-electron chi connectivity index (χ1n) is 11.2. The molecule has 13 nitrogen and oxygen atoms in total. The molecule has 0 spiro atoms. The predicted octanol–water partition coefficient (Wildman–Crippen LogP) is 2.22. The summed E-state index contributed by atoms with van der Waals surface area (Å²) >= 11 is 0. The average Bonchev–Trinajstić information content (AvgIpc) is 2.72. The SMILES string of the molecule is CC(C)(C)OC(=O)N[C@@H](Cc1ccccc1)C(=O)O.C[C@@H](NC(=O)OC(C)(C)C)C(=O)O.NCC(=O)O. The molecule has 0 fully saturated rings. The van der Waals surface area contributed by atoms with Crippen molar-refractivity contribution in [1.82, 2.24) is 10.6 Å². The molecule has 1 rings (SSSR count). The summed E-state index contributed by atoms with van der Waals surface area (Å²) in [6, 6.07) is 7.18. The fraction of sp³-hybridized carbons (Fsp3) is 0.542. The highest BCUT2D eigenvalue weighted by molar-refractivity contribution is 5.80. The van der Waals surface area contributed by atoms with Crippen LogP contribution in [0.4, 0.5) is 9.59 Å². The van der Waals surface area contributed by atoms with E-state index in [0.717, 1.165) is 5.56 Å². The van der Waals surface area contributed by atoms with Gasteiger partial charge in [-0.2, -0.15) is 0 Å². The molecule has 0 bridgehead atoms. The Bertz CT molecular complexity index is 877. The van der Waals surface area contributed by atoms with Crippen LogP contribution in [0.15, 0.2) is 30.3 Å². The first kappa shape index (κ1) is 35.3. The van der Waals surface area contributed by atoms with Crippen molar-refractivity contribution in [3.63, 3.8) is 0 Å². The van der Waals surface area contributed by atoms with Gasteiger partial charge in [0.25, 0.3) is 0 Å². The van der Waals surface area contributed by atoms with Crippen LogP contribution in [0.25, 0.3) is 0 Å². The Morgan fingerprint density at radius 1 is 0.811 bits per heavy atom. The molecule has 1 aromatic carbocycles. The first-order valence-corrected chi connectivity index (χ1v) is 11.2. The fourth-order valence-electron chi connectivity index (χ4n) is 2.05. The summed E-state index contributed by atoms with van der Waals surface area (Å²) in [6.45, 7) is 11.4. The summed E-state index contributed by atoms with van der Waals surface area (Å²) in [5.74, 6) is -3.15. The zero-order valence-corrected chi connectivity index (χ0v) is 22.2. The van der Waals surface area contributed by atoms with Gasteiger partial charge >= 0.3 is 30.1 Å². The Kier molecular flexibility index (Phi) is 16.0. The molecule has 0 heterocycles. The summed E-state index contributed by atoms with van der Waals surface area (Å²) in [7, 11) is 0. The zero-order chi connectivity index (χ0) is 29.4. The second-order valence-corrected chi connectivity index (χ2v) is 9.53. The summed E-state index contributed by atoms with van der Waals surface area (Å²) in [5, 5.41) is 29.7. The minimum atomic E-state index is -1.09. The van der Waals surface area contributed by atoms with Gasteiger partial charge in [-0.25, -0.2) is 14.4 Å². The van der Waals surface area contributed by atoms with Crippen molar-refractivity contribution in [1.29, 1.82) is 0 Å². The van der Waals surface area contributed by atoms with Gasteiger partial charge in [-0.05, 0) is 54.0 Å². The molecule has 0 unspecified atom stereocenters. The minimum Gasteiger partial charge on any atom is -0.480 e. The van der Waals surface area contributed by atoms with E-state index in [2.05, 4.69) is 16.4 Å². The number of rotatable bonds is 7. The van der Waals surface area contributed by atoms with Crippen molar-refractivity contribution < 1.29 is 48.8 Å². The lowest BCUT2D eigenvalue weighted by molar-refractivity contribution is -0.140. The number of hydrogen-bond donors (Lipinski definition) is 6. The van der Waals surface area contributed by atoms with Gasteiger partial charge in [0.1, 0.15) is 23.3 Å². The van der Waals surface area contributed by atoms with Crippen LogP contribution in [0.1, 0.15) is 54.0 Å². The van der Waals surface area contributed by atoms with Gasteiger partial charge in [-0.1, -0.05) is 30.3 Å². The Balaban J connectivity index is 0. The molecule has 1 aromatic rings. The largest absolute Gasteiger partial charge is 0.480 e. The molecule has 0 radical (unpaired) electrons. The van der Waals surface area contributed by atoms with Gasteiger partial charge in [0, 0.05) is 6.42 Å². The molecule has 2 atom stereocenters. The second-order valence-electron chi connectivity index (χ2n) is 9.53. The summed E-state index contributed by atoms with van der Waals surface area (Å²) < 4.78 is 9.89. The predicted molar refractivity (Wildman–Crippen MR) is 134 cm³/mol. The van der Waals surface area contributed by atoms with E-state index in [0.29, 0.717) is 0 Å². The number of ether oxygens (including phenoxy) is 2. The van der Waals surface area contributed by atoms with E-state index in [4.69, 9.17) is 24.8 Å². The molecule has 0 aliphatic rings. The van der Waals surface area contributed by atoms with E-state index in [1.165, 1.54) is 6.92 Å². The first-order chi connectivity index (χ1) is 16.8. The Morgan fingerprint density at radius 3 is 1.54 bits per heavy atom. The van der Waals surface area contributed by atoms with Crippen molar-refractivity contribution in [2.24, 2.45) is 5.73 Å². The fourth-order valence-corrected chi connectivity index (χ4v) is 2.05. The van der Waals surface area contributed by atoms with Crippen LogP contribution >= 0.6 is 0 Å². The zero-order valence-electron chi connectivity index (χ0n) is 22.2. The number of carboxylic acids is 3. The lowest BCUT2D eigenvalue weighted by Gasteiger charge is -2.22. The average molecular weight is 530 g/mol. The van der Waals surface area contributed by atoms with Gasteiger partial charge in [0.2, 0.25) is 0 Å². The molecule has 0 aromatic heterocycles. The quantitative estimate of drug-likeness (QED) is 0.301. The summed E-state index contributed by atoms with van der Waals surface area (Å²) in [5.41, 5.74) is 4.15. The molecule has 0 saturated heterocycles. The molecule has 0 aliphatic heterocycles. The summed E-state index contributed by atoms with van der Waals surface area (Å²) in [6.07, 6.45) is -1.23. The number of alkyl carbamates (subject to hydrolysis) is 2. The maximum Gasteiger partial charge on any atom is 0.408 e. The topological polar surface area (TPSA) is 215 Å². The van der Waals surface area contributed by atoms with E-state index < -0.39 is 53.4 Å². The molecule has 210 valence electrons. The highest BCUT2D eigenvalue weighted by atomic mass is 16.6. The van der Waals surface area contributed by atoms with Crippen molar-refractivity contribution >= 4 is 30.1 Å². The number of amides is 2. The van der Waals surface area contributed by atoms with Crippen LogP contribution in [-0.2, 0) is 30.3 Å². The lowest BCUT2D eigenvalue weighted by Crippen LogP contribution is -2.44. The normalized spacial score (nSPS) is 12.1. The van der Waals surface area contributed by atoms with E-state index in [1.807, 2.05) is 30.3 Å². The molecule has 2 amide bonds. The van der Waals surface area contributed by atoms with Crippen molar-refractivity contribution in [3.05, 3.63) is 35.9 Å². The molecule has 0 aliphatic carbocycles. The number of aliphatic carboxylic acids is 3. The molecule has 13 heteroatoms. The van der Waals surface area contributed by atoms with E-state index >= 15 is 0 Å². The monoisotopic (exact) mass is 529 g/mol.